The van der Waals surface area contributed by atoms with Gasteiger partial charge in [-0.25, -0.2) is 0 Å². The van der Waals surface area contributed by atoms with Gasteiger partial charge in [-0.2, -0.15) is 0 Å². The van der Waals surface area contributed by atoms with Gasteiger partial charge < -0.3 is 15.0 Å². The first kappa shape index (κ1) is 19.3. The minimum absolute atomic E-state index is 0.00555. The molecule has 5 heteroatoms. The van der Waals surface area contributed by atoms with E-state index in [4.69, 9.17) is 16.3 Å². The number of anilines is 1. The van der Waals surface area contributed by atoms with Gasteiger partial charge in [-0.15, -0.1) is 0 Å². The molecule has 1 aliphatic rings. The molecule has 0 spiro atoms. The Morgan fingerprint density at radius 1 is 1.00 bits per heavy atom. The molecule has 4 rings (SSSR count). The SMILES string of the molecule is O=C(C[C@H]1COc2ccc(Cl)cc2N1Cc1ccccc1)NCc1ccccc1. The summed E-state index contributed by atoms with van der Waals surface area (Å²) in [5, 5.41) is 3.67. The lowest BCUT2D eigenvalue weighted by molar-refractivity contribution is -0.121. The Bertz CT molecular complexity index is 963. The third-order valence-corrected chi connectivity index (χ3v) is 5.29. The number of halogens is 1. The molecular formula is C24H23ClN2O2. The fraction of sp³-hybridized carbons (Fsp3) is 0.208. The molecule has 0 aliphatic carbocycles. The number of nitrogens with one attached hydrogen (secondary N) is 1. The number of amides is 1. The van der Waals surface area contributed by atoms with Crippen LogP contribution in [0, 0.1) is 0 Å². The molecule has 0 bridgehead atoms. The van der Waals surface area contributed by atoms with Crippen molar-refractivity contribution in [3.8, 4) is 5.75 Å². The quantitative estimate of drug-likeness (QED) is 0.638. The zero-order valence-corrected chi connectivity index (χ0v) is 16.8. The van der Waals surface area contributed by atoms with E-state index in [1.54, 1.807) is 0 Å². The molecule has 3 aromatic rings. The normalized spacial score (nSPS) is 15.3. The van der Waals surface area contributed by atoms with E-state index in [2.05, 4.69) is 22.3 Å². The third kappa shape index (κ3) is 4.90. The minimum atomic E-state index is -0.0723. The summed E-state index contributed by atoms with van der Waals surface area (Å²) in [6, 6.07) is 25.7. The number of rotatable bonds is 6. The molecule has 29 heavy (non-hydrogen) atoms. The molecule has 1 heterocycles. The number of ether oxygens (including phenoxy) is 1. The fourth-order valence-corrected chi connectivity index (χ4v) is 3.72. The molecule has 0 unspecified atom stereocenters. The topological polar surface area (TPSA) is 41.6 Å². The van der Waals surface area contributed by atoms with E-state index in [1.165, 1.54) is 5.56 Å². The van der Waals surface area contributed by atoms with Crippen molar-refractivity contribution in [3.63, 3.8) is 0 Å². The zero-order chi connectivity index (χ0) is 20.1. The van der Waals surface area contributed by atoms with Crippen molar-refractivity contribution in [2.75, 3.05) is 11.5 Å². The van der Waals surface area contributed by atoms with Crippen molar-refractivity contribution in [2.24, 2.45) is 0 Å². The lowest BCUT2D eigenvalue weighted by Gasteiger charge is -2.38. The van der Waals surface area contributed by atoms with Crippen LogP contribution in [0.15, 0.2) is 78.9 Å². The van der Waals surface area contributed by atoms with Gasteiger partial charge in [-0.3, -0.25) is 4.79 Å². The van der Waals surface area contributed by atoms with Gasteiger partial charge in [0.2, 0.25) is 5.91 Å². The number of carbonyl (C=O) groups excluding carboxylic acids is 1. The van der Waals surface area contributed by atoms with E-state index in [1.807, 2.05) is 66.7 Å². The highest BCUT2D eigenvalue weighted by atomic mass is 35.5. The molecule has 0 aromatic heterocycles. The van der Waals surface area contributed by atoms with E-state index < -0.39 is 0 Å². The number of hydrogen-bond donors (Lipinski definition) is 1. The number of fused-ring (bicyclic) bond motifs is 1. The van der Waals surface area contributed by atoms with Crippen LogP contribution in [0.2, 0.25) is 5.02 Å². The Hall–Kier alpha value is -2.98. The van der Waals surface area contributed by atoms with E-state index in [9.17, 15) is 4.79 Å². The Balaban J connectivity index is 1.50. The first-order valence-electron chi connectivity index (χ1n) is 9.72. The summed E-state index contributed by atoms with van der Waals surface area (Å²) in [6.07, 6.45) is 0.353. The van der Waals surface area contributed by atoms with Crippen molar-refractivity contribution >= 4 is 23.2 Å². The highest BCUT2D eigenvalue weighted by Crippen LogP contribution is 2.37. The van der Waals surface area contributed by atoms with Crippen molar-refractivity contribution < 1.29 is 9.53 Å². The molecule has 1 aliphatic heterocycles. The van der Waals surface area contributed by atoms with Gasteiger partial charge in [-0.1, -0.05) is 72.3 Å². The molecule has 1 amide bonds. The van der Waals surface area contributed by atoms with E-state index >= 15 is 0 Å². The largest absolute Gasteiger partial charge is 0.489 e. The summed E-state index contributed by atoms with van der Waals surface area (Å²) in [5.74, 6) is 0.803. The van der Waals surface area contributed by atoms with E-state index in [0.717, 1.165) is 17.0 Å². The van der Waals surface area contributed by atoms with Gasteiger partial charge in [0.25, 0.3) is 0 Å². The number of nitrogens with zero attached hydrogens (tertiary/aromatic N) is 1. The summed E-state index contributed by atoms with van der Waals surface area (Å²) < 4.78 is 5.94. The first-order valence-corrected chi connectivity index (χ1v) is 10.1. The first-order chi connectivity index (χ1) is 14.2. The molecule has 148 valence electrons. The smallest absolute Gasteiger partial charge is 0.222 e. The molecule has 1 atom stereocenters. The molecule has 0 saturated heterocycles. The second-order valence-corrected chi connectivity index (χ2v) is 7.59. The van der Waals surface area contributed by atoms with Crippen LogP contribution < -0.4 is 15.0 Å². The second-order valence-electron chi connectivity index (χ2n) is 7.16. The van der Waals surface area contributed by atoms with Crippen LogP contribution in [0.3, 0.4) is 0 Å². The van der Waals surface area contributed by atoms with Crippen molar-refractivity contribution in [1.82, 2.24) is 5.32 Å². The maximum atomic E-state index is 12.6. The molecule has 4 nitrogen and oxygen atoms in total. The van der Waals surface area contributed by atoms with Gasteiger partial charge >= 0.3 is 0 Å². The van der Waals surface area contributed by atoms with Gasteiger partial charge in [0, 0.05) is 18.1 Å². The monoisotopic (exact) mass is 406 g/mol. The molecule has 0 fully saturated rings. The van der Waals surface area contributed by atoms with Crippen LogP contribution in [0.1, 0.15) is 17.5 Å². The average molecular weight is 407 g/mol. The zero-order valence-electron chi connectivity index (χ0n) is 16.1. The van der Waals surface area contributed by atoms with Crippen LogP contribution in [-0.2, 0) is 17.9 Å². The van der Waals surface area contributed by atoms with Gasteiger partial charge in [-0.05, 0) is 29.3 Å². The molecule has 0 saturated carbocycles. The Kier molecular flexibility index (Phi) is 6.01. The van der Waals surface area contributed by atoms with Gasteiger partial charge in [0.15, 0.2) is 0 Å². The third-order valence-electron chi connectivity index (χ3n) is 5.05. The highest BCUT2D eigenvalue weighted by Gasteiger charge is 2.29. The number of hydrogen-bond acceptors (Lipinski definition) is 3. The van der Waals surface area contributed by atoms with Gasteiger partial charge in [0.1, 0.15) is 12.4 Å². The summed E-state index contributed by atoms with van der Waals surface area (Å²) >= 11 is 6.25. The average Bonchev–Trinajstić information content (AvgIpc) is 2.75. The minimum Gasteiger partial charge on any atom is -0.489 e. The van der Waals surface area contributed by atoms with Crippen LogP contribution >= 0.6 is 11.6 Å². The highest BCUT2D eigenvalue weighted by molar-refractivity contribution is 6.31. The fourth-order valence-electron chi connectivity index (χ4n) is 3.56. The summed E-state index contributed by atoms with van der Waals surface area (Å²) in [6.45, 7) is 1.67. The summed E-state index contributed by atoms with van der Waals surface area (Å²) in [7, 11) is 0. The summed E-state index contributed by atoms with van der Waals surface area (Å²) in [4.78, 5) is 14.9. The van der Waals surface area contributed by atoms with Crippen LogP contribution in [-0.4, -0.2) is 18.6 Å². The van der Waals surface area contributed by atoms with Gasteiger partial charge in [0.05, 0.1) is 18.2 Å². The Morgan fingerprint density at radius 3 is 2.41 bits per heavy atom. The van der Waals surface area contributed by atoms with Crippen LogP contribution in [0.4, 0.5) is 5.69 Å². The van der Waals surface area contributed by atoms with Crippen molar-refractivity contribution in [3.05, 3.63) is 95.0 Å². The van der Waals surface area contributed by atoms with E-state index in [0.29, 0.717) is 31.1 Å². The maximum absolute atomic E-state index is 12.6. The predicted molar refractivity (Wildman–Crippen MR) is 116 cm³/mol. The molecule has 0 radical (unpaired) electrons. The molecular weight excluding hydrogens is 384 g/mol. The van der Waals surface area contributed by atoms with Crippen molar-refractivity contribution in [2.45, 2.75) is 25.6 Å². The Labute approximate surface area is 176 Å². The standard InChI is InChI=1S/C24H23ClN2O2/c25-20-11-12-23-22(13-20)27(16-19-9-5-2-6-10-19)21(17-29-23)14-24(28)26-15-18-7-3-1-4-8-18/h1-13,21H,14-17H2,(H,26,28)/t21-/m0/s1. The van der Waals surface area contributed by atoms with Crippen LogP contribution in [0.5, 0.6) is 5.75 Å². The lowest BCUT2D eigenvalue weighted by Crippen LogP contribution is -2.45. The predicted octanol–water partition coefficient (Wildman–Crippen LogP) is 4.81. The molecule has 1 N–H and O–H groups in total. The second kappa shape index (κ2) is 9.01. The van der Waals surface area contributed by atoms with Crippen molar-refractivity contribution in [1.29, 1.82) is 0 Å². The molecule has 3 aromatic carbocycles. The van der Waals surface area contributed by atoms with E-state index in [-0.39, 0.29) is 11.9 Å². The Morgan fingerprint density at radius 2 is 1.69 bits per heavy atom. The lowest BCUT2D eigenvalue weighted by atomic mass is 10.1. The van der Waals surface area contributed by atoms with Crippen LogP contribution in [0.25, 0.3) is 0 Å². The maximum Gasteiger partial charge on any atom is 0.222 e. The summed E-state index contributed by atoms with van der Waals surface area (Å²) in [5.41, 5.74) is 3.18. The number of benzene rings is 3. The number of carbonyl (C=O) groups is 1.